The van der Waals surface area contributed by atoms with Crippen molar-refractivity contribution in [2.75, 3.05) is 24.8 Å². The highest BCUT2D eigenvalue weighted by atomic mass is 16.5. The van der Waals surface area contributed by atoms with Crippen LogP contribution < -0.4 is 16.8 Å². The summed E-state index contributed by atoms with van der Waals surface area (Å²) in [5, 5.41) is 3.22. The van der Waals surface area contributed by atoms with Crippen molar-refractivity contribution in [3.8, 4) is 0 Å². The molecule has 0 heterocycles. The molecular formula is C12H19N3O2. The maximum atomic E-state index is 11.3. The van der Waals surface area contributed by atoms with Gasteiger partial charge >= 0.3 is 0 Å². The minimum absolute atomic E-state index is 0.191. The SMILES string of the molecule is COCCC(C)Nc1ccc(N)cc1C(N)=O. The molecule has 5 N–H and O–H groups in total. The number of ether oxygens (including phenoxy) is 1. The third-order valence-electron chi connectivity index (χ3n) is 2.47. The van der Waals surface area contributed by atoms with Gasteiger partial charge in [0.15, 0.2) is 0 Å². The summed E-state index contributed by atoms with van der Waals surface area (Å²) in [6.07, 6.45) is 0.846. The molecule has 17 heavy (non-hydrogen) atoms. The Hall–Kier alpha value is -1.75. The molecule has 0 fully saturated rings. The molecule has 1 rings (SSSR count). The highest BCUT2D eigenvalue weighted by Gasteiger charge is 2.10. The Balaban J connectivity index is 2.79. The van der Waals surface area contributed by atoms with Crippen molar-refractivity contribution in [1.29, 1.82) is 0 Å². The van der Waals surface area contributed by atoms with Gasteiger partial charge in [-0.3, -0.25) is 4.79 Å². The number of amides is 1. The Morgan fingerprint density at radius 1 is 1.53 bits per heavy atom. The van der Waals surface area contributed by atoms with Crippen molar-refractivity contribution in [3.05, 3.63) is 23.8 Å². The normalized spacial score (nSPS) is 12.1. The third-order valence-corrected chi connectivity index (χ3v) is 2.47. The van der Waals surface area contributed by atoms with Crippen LogP contribution in [0.2, 0.25) is 0 Å². The van der Waals surface area contributed by atoms with Gasteiger partial charge in [0.1, 0.15) is 0 Å². The number of methoxy groups -OCH3 is 1. The van der Waals surface area contributed by atoms with Crippen LogP contribution in [0.25, 0.3) is 0 Å². The van der Waals surface area contributed by atoms with E-state index in [0.29, 0.717) is 23.5 Å². The van der Waals surface area contributed by atoms with Gasteiger partial charge in [-0.15, -0.1) is 0 Å². The Labute approximate surface area is 101 Å². The molecule has 0 aliphatic carbocycles. The van der Waals surface area contributed by atoms with Crippen LogP contribution in [0.15, 0.2) is 18.2 Å². The molecule has 0 saturated carbocycles. The second-order valence-corrected chi connectivity index (χ2v) is 4.00. The highest BCUT2D eigenvalue weighted by Crippen LogP contribution is 2.19. The van der Waals surface area contributed by atoms with Crippen LogP contribution in [0.3, 0.4) is 0 Å². The Morgan fingerprint density at radius 2 is 2.24 bits per heavy atom. The summed E-state index contributed by atoms with van der Waals surface area (Å²) in [4.78, 5) is 11.3. The molecule has 0 aliphatic rings. The first kappa shape index (κ1) is 13.3. The van der Waals surface area contributed by atoms with Crippen molar-refractivity contribution in [2.45, 2.75) is 19.4 Å². The number of primary amides is 1. The smallest absolute Gasteiger partial charge is 0.250 e. The fraction of sp³-hybridized carbons (Fsp3) is 0.417. The van der Waals surface area contributed by atoms with E-state index in [9.17, 15) is 4.79 Å². The van der Waals surface area contributed by atoms with Gasteiger partial charge in [-0.2, -0.15) is 0 Å². The number of carbonyl (C=O) groups excluding carboxylic acids is 1. The van der Waals surface area contributed by atoms with E-state index in [-0.39, 0.29) is 6.04 Å². The number of nitrogen functional groups attached to an aromatic ring is 1. The largest absolute Gasteiger partial charge is 0.399 e. The molecule has 5 heteroatoms. The van der Waals surface area contributed by atoms with Crippen molar-refractivity contribution in [1.82, 2.24) is 0 Å². The number of anilines is 2. The number of hydrogen-bond donors (Lipinski definition) is 3. The highest BCUT2D eigenvalue weighted by molar-refractivity contribution is 5.99. The van der Waals surface area contributed by atoms with Crippen LogP contribution in [-0.2, 0) is 4.74 Å². The van der Waals surface area contributed by atoms with Crippen LogP contribution >= 0.6 is 0 Å². The molecule has 0 saturated heterocycles. The summed E-state index contributed by atoms with van der Waals surface area (Å²) >= 11 is 0. The lowest BCUT2D eigenvalue weighted by Crippen LogP contribution is -2.21. The summed E-state index contributed by atoms with van der Waals surface area (Å²) in [5.41, 5.74) is 12.6. The predicted molar refractivity (Wildman–Crippen MR) is 69.0 cm³/mol. The average molecular weight is 237 g/mol. The van der Waals surface area contributed by atoms with Crippen LogP contribution in [0, 0.1) is 0 Å². The lowest BCUT2D eigenvalue weighted by atomic mass is 10.1. The van der Waals surface area contributed by atoms with Crippen LogP contribution in [0.1, 0.15) is 23.7 Å². The molecule has 1 aromatic rings. The van der Waals surface area contributed by atoms with Crippen LogP contribution in [-0.4, -0.2) is 25.7 Å². The van der Waals surface area contributed by atoms with E-state index in [1.54, 1.807) is 25.3 Å². The summed E-state index contributed by atoms with van der Waals surface area (Å²) in [6, 6.07) is 5.27. The zero-order valence-corrected chi connectivity index (χ0v) is 10.2. The van der Waals surface area contributed by atoms with E-state index < -0.39 is 5.91 Å². The van der Waals surface area contributed by atoms with Crippen molar-refractivity contribution in [2.24, 2.45) is 5.73 Å². The zero-order valence-electron chi connectivity index (χ0n) is 10.2. The second-order valence-electron chi connectivity index (χ2n) is 4.00. The van der Waals surface area contributed by atoms with Crippen molar-refractivity contribution in [3.63, 3.8) is 0 Å². The van der Waals surface area contributed by atoms with E-state index in [2.05, 4.69) is 5.32 Å². The molecule has 0 bridgehead atoms. The summed E-state index contributed by atoms with van der Waals surface area (Å²) < 4.78 is 5.00. The van der Waals surface area contributed by atoms with Gasteiger partial charge in [-0.25, -0.2) is 0 Å². The number of nitrogens with two attached hydrogens (primary N) is 2. The Morgan fingerprint density at radius 3 is 2.82 bits per heavy atom. The van der Waals surface area contributed by atoms with E-state index >= 15 is 0 Å². The maximum absolute atomic E-state index is 11.3. The topological polar surface area (TPSA) is 90.4 Å². The Kier molecular flexibility index (Phi) is 4.78. The average Bonchev–Trinajstić information content (AvgIpc) is 2.28. The van der Waals surface area contributed by atoms with Gasteiger partial charge in [0.2, 0.25) is 0 Å². The molecule has 5 nitrogen and oxygen atoms in total. The molecule has 1 aromatic carbocycles. The van der Waals surface area contributed by atoms with Crippen LogP contribution in [0.5, 0.6) is 0 Å². The van der Waals surface area contributed by atoms with E-state index in [1.807, 2.05) is 6.92 Å². The lowest BCUT2D eigenvalue weighted by Gasteiger charge is -2.17. The van der Waals surface area contributed by atoms with Gasteiger partial charge in [0.25, 0.3) is 5.91 Å². The number of nitrogens with one attached hydrogen (secondary N) is 1. The predicted octanol–water partition coefficient (Wildman–Crippen LogP) is 1.20. The summed E-state index contributed by atoms with van der Waals surface area (Å²) in [6.45, 7) is 2.68. The van der Waals surface area contributed by atoms with Crippen molar-refractivity contribution >= 4 is 17.3 Å². The first-order valence-electron chi connectivity index (χ1n) is 5.49. The van der Waals surface area contributed by atoms with E-state index in [0.717, 1.165) is 6.42 Å². The van der Waals surface area contributed by atoms with Crippen LogP contribution in [0.4, 0.5) is 11.4 Å². The van der Waals surface area contributed by atoms with Crippen molar-refractivity contribution < 1.29 is 9.53 Å². The number of hydrogen-bond acceptors (Lipinski definition) is 4. The van der Waals surface area contributed by atoms with Gasteiger partial charge in [-0.05, 0) is 31.5 Å². The molecule has 0 aliphatic heterocycles. The summed E-state index contributed by atoms with van der Waals surface area (Å²) in [5.74, 6) is -0.487. The number of carbonyl (C=O) groups is 1. The van der Waals surface area contributed by atoms with E-state index in [4.69, 9.17) is 16.2 Å². The fourth-order valence-corrected chi connectivity index (χ4v) is 1.52. The third kappa shape index (κ3) is 3.96. The second kappa shape index (κ2) is 6.10. The summed E-state index contributed by atoms with van der Waals surface area (Å²) in [7, 11) is 1.66. The molecule has 94 valence electrons. The first-order valence-corrected chi connectivity index (χ1v) is 5.49. The first-order chi connectivity index (χ1) is 8.04. The van der Waals surface area contributed by atoms with Gasteiger partial charge in [-0.1, -0.05) is 0 Å². The quantitative estimate of drug-likeness (QED) is 0.648. The fourth-order valence-electron chi connectivity index (χ4n) is 1.52. The molecule has 0 spiro atoms. The number of rotatable bonds is 6. The minimum atomic E-state index is -0.487. The van der Waals surface area contributed by atoms with E-state index in [1.165, 1.54) is 0 Å². The lowest BCUT2D eigenvalue weighted by molar-refractivity contribution is 0.100. The zero-order chi connectivity index (χ0) is 12.8. The molecule has 1 atom stereocenters. The standard InChI is InChI=1S/C12H19N3O2/c1-8(5-6-17-2)15-11-4-3-9(13)7-10(11)12(14)16/h3-4,7-8,15H,5-6,13H2,1-2H3,(H2,14,16). The number of benzene rings is 1. The monoisotopic (exact) mass is 237 g/mol. The minimum Gasteiger partial charge on any atom is -0.399 e. The van der Waals surface area contributed by atoms with Gasteiger partial charge in [0.05, 0.1) is 5.56 Å². The molecule has 0 aromatic heterocycles. The molecule has 1 amide bonds. The maximum Gasteiger partial charge on any atom is 0.250 e. The molecular weight excluding hydrogens is 218 g/mol. The molecule has 0 radical (unpaired) electrons. The van der Waals surface area contributed by atoms with Gasteiger partial charge in [0, 0.05) is 31.1 Å². The molecule has 1 unspecified atom stereocenters. The van der Waals surface area contributed by atoms with Gasteiger partial charge < -0.3 is 21.5 Å². The Bertz CT molecular complexity index is 393.